The first-order valence-corrected chi connectivity index (χ1v) is 20.1. The van der Waals surface area contributed by atoms with Crippen molar-refractivity contribution in [1.82, 2.24) is 4.90 Å². The summed E-state index contributed by atoms with van der Waals surface area (Å²) in [5, 5.41) is 2.72. The minimum absolute atomic E-state index is 0.275. The van der Waals surface area contributed by atoms with Crippen molar-refractivity contribution in [1.29, 1.82) is 0 Å². The number of anilines is 1. The normalized spacial score (nSPS) is 23.8. The highest BCUT2D eigenvalue weighted by Gasteiger charge is 2.34. The van der Waals surface area contributed by atoms with Crippen LogP contribution in [0.1, 0.15) is 76.3 Å². The van der Waals surface area contributed by atoms with Gasteiger partial charge in [-0.3, -0.25) is 0 Å². The molecule has 0 bridgehead atoms. The van der Waals surface area contributed by atoms with Gasteiger partial charge in [-0.05, 0) is 98.9 Å². The van der Waals surface area contributed by atoms with Crippen LogP contribution in [0.2, 0.25) is 0 Å². The van der Waals surface area contributed by atoms with Crippen LogP contribution in [0.25, 0.3) is 37.4 Å². The van der Waals surface area contributed by atoms with Crippen LogP contribution >= 0.6 is 11.3 Å². The molecule has 4 aliphatic rings. The minimum Gasteiger partial charge on any atom is -0.348 e. The maximum absolute atomic E-state index is 2.61. The van der Waals surface area contributed by atoms with Crippen molar-refractivity contribution >= 4 is 43.3 Å². The molecular weight excluding hydrogens is 649 g/mol. The van der Waals surface area contributed by atoms with Gasteiger partial charge in [0.25, 0.3) is 0 Å². The number of thiophene rings is 1. The van der Waals surface area contributed by atoms with Crippen molar-refractivity contribution in [2.24, 2.45) is 5.92 Å². The molecule has 0 amide bonds. The summed E-state index contributed by atoms with van der Waals surface area (Å²) < 4.78 is 2.75. The molecular formula is C49H50N2S. The van der Waals surface area contributed by atoms with Crippen LogP contribution in [-0.2, 0) is 0 Å². The molecule has 0 radical (unpaired) electrons. The molecule has 2 atom stereocenters. The van der Waals surface area contributed by atoms with Crippen LogP contribution < -0.4 is 4.90 Å². The predicted octanol–water partition coefficient (Wildman–Crippen LogP) is 13.8. The highest BCUT2D eigenvalue weighted by molar-refractivity contribution is 7.26. The third kappa shape index (κ3) is 6.41. The largest absolute Gasteiger partial charge is 0.348 e. The van der Waals surface area contributed by atoms with Gasteiger partial charge in [0.15, 0.2) is 0 Å². The summed E-state index contributed by atoms with van der Waals surface area (Å²) in [6, 6.07) is 20.5. The van der Waals surface area contributed by atoms with E-state index in [4.69, 9.17) is 0 Å². The van der Waals surface area contributed by atoms with Crippen molar-refractivity contribution in [3.05, 3.63) is 167 Å². The lowest BCUT2D eigenvalue weighted by Gasteiger charge is -2.30. The molecule has 0 saturated carbocycles. The van der Waals surface area contributed by atoms with E-state index in [-0.39, 0.29) is 5.92 Å². The molecule has 3 aliphatic carbocycles. The van der Waals surface area contributed by atoms with E-state index in [1.54, 1.807) is 5.57 Å². The third-order valence-corrected chi connectivity index (χ3v) is 12.5. The van der Waals surface area contributed by atoms with E-state index in [0.717, 1.165) is 32.2 Å². The van der Waals surface area contributed by atoms with Gasteiger partial charge in [-0.1, -0.05) is 122 Å². The van der Waals surface area contributed by atoms with Crippen molar-refractivity contribution in [3.63, 3.8) is 0 Å². The highest BCUT2D eigenvalue weighted by atomic mass is 32.1. The first-order valence-electron chi connectivity index (χ1n) is 19.3. The van der Waals surface area contributed by atoms with Gasteiger partial charge in [0, 0.05) is 73.9 Å². The second-order valence-corrected chi connectivity index (χ2v) is 15.6. The molecule has 4 aromatic rings. The third-order valence-electron chi connectivity index (χ3n) is 11.3. The van der Waals surface area contributed by atoms with E-state index in [1.807, 2.05) is 11.3 Å². The van der Waals surface area contributed by atoms with Crippen LogP contribution in [-0.4, -0.2) is 18.5 Å². The zero-order chi connectivity index (χ0) is 35.6. The van der Waals surface area contributed by atoms with Gasteiger partial charge in [-0.2, -0.15) is 0 Å². The van der Waals surface area contributed by atoms with Crippen molar-refractivity contribution in [2.45, 2.75) is 65.2 Å². The van der Waals surface area contributed by atoms with Crippen LogP contribution in [0.4, 0.5) is 5.69 Å². The Hall–Kier alpha value is -4.86. The quantitative estimate of drug-likeness (QED) is 0.190. The maximum atomic E-state index is 2.61. The Labute approximate surface area is 314 Å². The van der Waals surface area contributed by atoms with E-state index < -0.39 is 0 Å². The summed E-state index contributed by atoms with van der Waals surface area (Å²) in [6.07, 6.45) is 36.8. The molecule has 0 spiro atoms. The molecule has 2 heterocycles. The number of hydrogen-bond acceptors (Lipinski definition) is 3. The predicted molar refractivity (Wildman–Crippen MR) is 228 cm³/mol. The van der Waals surface area contributed by atoms with E-state index in [9.17, 15) is 0 Å². The number of fused-ring (bicyclic) bond motifs is 4. The maximum Gasteiger partial charge on any atom is 0.0459 e. The van der Waals surface area contributed by atoms with Gasteiger partial charge in [0.1, 0.15) is 0 Å². The van der Waals surface area contributed by atoms with Crippen LogP contribution in [0.15, 0.2) is 156 Å². The molecule has 52 heavy (non-hydrogen) atoms. The molecule has 0 N–H and O–H groups in total. The van der Waals surface area contributed by atoms with Crippen molar-refractivity contribution < 1.29 is 0 Å². The van der Waals surface area contributed by atoms with E-state index in [1.165, 1.54) is 83.6 Å². The lowest BCUT2D eigenvalue weighted by molar-refractivity contribution is 0.443. The van der Waals surface area contributed by atoms with Crippen molar-refractivity contribution in [2.75, 3.05) is 18.5 Å². The Bertz CT molecular complexity index is 2290. The number of hydrogen-bond donors (Lipinski definition) is 0. The second kappa shape index (κ2) is 15.0. The topological polar surface area (TPSA) is 6.48 Å². The highest BCUT2D eigenvalue weighted by Crippen LogP contribution is 2.49. The van der Waals surface area contributed by atoms with Crippen LogP contribution in [0, 0.1) is 5.92 Å². The van der Waals surface area contributed by atoms with Gasteiger partial charge >= 0.3 is 0 Å². The fourth-order valence-electron chi connectivity index (χ4n) is 8.61. The molecule has 3 aromatic carbocycles. The number of allylic oxidation sites excluding steroid dienone is 15. The van der Waals surface area contributed by atoms with Crippen LogP contribution in [0.5, 0.6) is 0 Å². The number of rotatable bonds is 7. The first kappa shape index (κ1) is 34.2. The summed E-state index contributed by atoms with van der Waals surface area (Å²) in [6.45, 7) is 7.72. The molecule has 1 fully saturated rings. The fourth-order valence-corrected chi connectivity index (χ4v) is 9.95. The average molecular weight is 699 g/mol. The Morgan fingerprint density at radius 2 is 1.77 bits per heavy atom. The molecule has 1 aromatic heterocycles. The van der Waals surface area contributed by atoms with E-state index in [0.29, 0.717) is 5.92 Å². The molecule has 1 aliphatic heterocycles. The molecule has 2 unspecified atom stereocenters. The Morgan fingerprint density at radius 1 is 0.904 bits per heavy atom. The number of benzene rings is 3. The molecule has 1 saturated heterocycles. The van der Waals surface area contributed by atoms with Gasteiger partial charge in [0.05, 0.1) is 0 Å². The number of nitrogens with zero attached hydrogens (tertiary/aromatic N) is 2. The van der Waals surface area contributed by atoms with Crippen molar-refractivity contribution in [3.8, 4) is 11.1 Å². The lowest BCUT2D eigenvalue weighted by Crippen LogP contribution is -2.21. The Balaban J connectivity index is 1.26. The summed E-state index contributed by atoms with van der Waals surface area (Å²) in [7, 11) is 2.28. The van der Waals surface area contributed by atoms with Gasteiger partial charge < -0.3 is 9.80 Å². The summed E-state index contributed by atoms with van der Waals surface area (Å²) >= 11 is 1.97. The zero-order valence-electron chi connectivity index (χ0n) is 31.1. The Kier molecular flexibility index (Phi) is 9.88. The smallest absolute Gasteiger partial charge is 0.0459 e. The summed E-state index contributed by atoms with van der Waals surface area (Å²) in [5.41, 5.74) is 13.6. The molecule has 3 heteroatoms. The molecule has 8 rings (SSSR count). The molecule has 262 valence electrons. The average Bonchev–Trinajstić information content (AvgIpc) is 3.76. The minimum atomic E-state index is 0.275. The Morgan fingerprint density at radius 3 is 2.62 bits per heavy atom. The standard InChI is InChI=1S/C49H50N2S/c1-5-16-36-18-11-12-20-40(36)42-22-15-24-46-48(42)43-31-32-45(50(4)38-19-10-8-7-9-17-34(3)25-28-38)47(49(43)52-46)37-26-29-39(30-27-37)51-33-35(6-2)41-21-13-14-23-44(41)51/h5,7-9,11-12,15-18,20-26,28-32,35,37H,6,10,13-14,19,27,33H2,1-4H3/b8-7-,16-5-,17-9-,34-25+,38-28+. The summed E-state index contributed by atoms with van der Waals surface area (Å²) in [5.74, 6) is 0.906. The van der Waals surface area contributed by atoms with Gasteiger partial charge in [-0.15, -0.1) is 11.3 Å². The van der Waals surface area contributed by atoms with Crippen LogP contribution in [0.3, 0.4) is 0 Å². The van der Waals surface area contributed by atoms with E-state index in [2.05, 4.69) is 171 Å². The summed E-state index contributed by atoms with van der Waals surface area (Å²) in [4.78, 5) is 5.09. The van der Waals surface area contributed by atoms with Gasteiger partial charge in [0.2, 0.25) is 0 Å². The zero-order valence-corrected chi connectivity index (χ0v) is 31.9. The molecule has 2 nitrogen and oxygen atoms in total. The second-order valence-electron chi connectivity index (χ2n) is 14.6. The monoisotopic (exact) mass is 698 g/mol. The SMILES string of the molecule is C/C=C\c1ccccc1-c1cccc2sc3c(C4C=CC(N5CC(CC)C6=CCCC=C65)=CC4)c(N(C)/C4=C/C=C(C)/C=C\C=C/CC4)ccc3c12. The fraction of sp³-hybridized carbons (Fsp3) is 0.265. The lowest BCUT2D eigenvalue weighted by atomic mass is 9.87. The van der Waals surface area contributed by atoms with Gasteiger partial charge in [-0.25, -0.2) is 0 Å². The number of likely N-dealkylation sites (tertiary alicyclic amines) is 1. The van der Waals surface area contributed by atoms with E-state index >= 15 is 0 Å². The first-order chi connectivity index (χ1) is 25.6.